The van der Waals surface area contributed by atoms with Crippen molar-refractivity contribution in [3.05, 3.63) is 54.2 Å². The van der Waals surface area contributed by atoms with E-state index in [1.54, 1.807) is 0 Å². The summed E-state index contributed by atoms with van der Waals surface area (Å²) in [6, 6.07) is 16.9. The molecule has 2 amide bonds. The number of para-hydroxylation sites is 1. The molecule has 2 aliphatic heterocycles. The second-order valence-electron chi connectivity index (χ2n) is 7.52. The first-order valence-electron chi connectivity index (χ1n) is 10.1. The van der Waals surface area contributed by atoms with Crippen LogP contribution in [0.25, 0.3) is 16.6 Å². The second-order valence-corrected chi connectivity index (χ2v) is 7.52. The van der Waals surface area contributed by atoms with Gasteiger partial charge in [-0.05, 0) is 49.7 Å². The minimum absolute atomic E-state index is 0. The molecular formula is C22H26ClN5O. The predicted molar refractivity (Wildman–Crippen MR) is 118 cm³/mol. The standard InChI is InChI=1S/C22H25N5O.ClH/c1-2-20-19-9-8-17(14-21(19)27(24-20)16-6-4-3-5-7-16)25-12-13-26(22(25)28)18-10-11-23-15-18;/h3-9,14,18,23H,2,10-13,15H2,1H3;1H. The van der Waals surface area contributed by atoms with E-state index in [9.17, 15) is 4.79 Å². The Kier molecular flexibility index (Phi) is 5.48. The largest absolute Gasteiger partial charge is 0.324 e. The van der Waals surface area contributed by atoms with Crippen molar-refractivity contribution in [2.24, 2.45) is 0 Å². The van der Waals surface area contributed by atoms with E-state index in [-0.39, 0.29) is 18.4 Å². The van der Waals surface area contributed by atoms with Gasteiger partial charge in [0.05, 0.1) is 16.9 Å². The van der Waals surface area contributed by atoms with Gasteiger partial charge in [-0.3, -0.25) is 4.90 Å². The Labute approximate surface area is 176 Å². The Morgan fingerprint density at radius 3 is 2.66 bits per heavy atom. The number of benzene rings is 2. The van der Waals surface area contributed by atoms with Crippen molar-refractivity contribution in [3.8, 4) is 5.69 Å². The number of urea groups is 1. The number of hydrogen-bond donors (Lipinski definition) is 1. The summed E-state index contributed by atoms with van der Waals surface area (Å²) in [5.74, 6) is 0. The number of nitrogens with one attached hydrogen (secondary N) is 1. The molecular weight excluding hydrogens is 386 g/mol. The van der Waals surface area contributed by atoms with Crippen LogP contribution in [0.1, 0.15) is 19.0 Å². The van der Waals surface area contributed by atoms with Gasteiger partial charge < -0.3 is 10.2 Å². The topological polar surface area (TPSA) is 53.4 Å². The second kappa shape index (κ2) is 8.05. The molecule has 1 N–H and O–H groups in total. The molecule has 0 aliphatic carbocycles. The first kappa shape index (κ1) is 19.7. The van der Waals surface area contributed by atoms with Crippen LogP contribution in [0.3, 0.4) is 0 Å². The smallest absolute Gasteiger partial charge is 0.318 e. The Morgan fingerprint density at radius 2 is 1.93 bits per heavy atom. The number of anilines is 1. The van der Waals surface area contributed by atoms with Crippen molar-refractivity contribution in [2.45, 2.75) is 25.8 Å². The highest BCUT2D eigenvalue weighted by Gasteiger charge is 2.35. The van der Waals surface area contributed by atoms with E-state index < -0.39 is 0 Å². The van der Waals surface area contributed by atoms with E-state index >= 15 is 0 Å². The predicted octanol–water partition coefficient (Wildman–Crippen LogP) is 3.61. The van der Waals surface area contributed by atoms with E-state index in [4.69, 9.17) is 5.10 Å². The Bertz CT molecular complexity index is 1010. The molecule has 7 heteroatoms. The SMILES string of the molecule is CCc1nn(-c2ccccc2)c2cc(N3CCN(C4CCNC4)C3=O)ccc12.Cl. The van der Waals surface area contributed by atoms with Gasteiger partial charge in [0.25, 0.3) is 0 Å². The van der Waals surface area contributed by atoms with E-state index in [2.05, 4.69) is 42.6 Å². The molecule has 152 valence electrons. The maximum atomic E-state index is 13.0. The lowest BCUT2D eigenvalue weighted by Gasteiger charge is -2.23. The highest BCUT2D eigenvalue weighted by Crippen LogP contribution is 2.30. The summed E-state index contributed by atoms with van der Waals surface area (Å²) in [5, 5.41) is 9.35. The molecule has 2 aliphatic rings. The summed E-state index contributed by atoms with van der Waals surface area (Å²) < 4.78 is 2.00. The van der Waals surface area contributed by atoms with E-state index in [1.807, 2.05) is 32.7 Å². The maximum Gasteiger partial charge on any atom is 0.324 e. The average Bonchev–Trinajstić information content (AvgIpc) is 3.46. The number of carbonyl (C=O) groups is 1. The minimum atomic E-state index is 0. The summed E-state index contributed by atoms with van der Waals surface area (Å²) in [6.45, 7) is 5.56. The number of fused-ring (bicyclic) bond motifs is 1. The fraction of sp³-hybridized carbons (Fsp3) is 0.364. The van der Waals surface area contributed by atoms with Crippen LogP contribution in [-0.2, 0) is 6.42 Å². The normalized spacial score (nSPS) is 19.2. The molecule has 0 bridgehead atoms. The van der Waals surface area contributed by atoms with Gasteiger partial charge in [0.15, 0.2) is 0 Å². The molecule has 6 nitrogen and oxygen atoms in total. The molecule has 0 spiro atoms. The van der Waals surface area contributed by atoms with Gasteiger partial charge in [-0.25, -0.2) is 9.48 Å². The molecule has 1 atom stereocenters. The molecule has 1 aromatic heterocycles. The zero-order valence-electron chi connectivity index (χ0n) is 16.5. The van der Waals surface area contributed by atoms with Crippen LogP contribution >= 0.6 is 12.4 Å². The molecule has 2 saturated heterocycles. The molecule has 2 fully saturated rings. The van der Waals surface area contributed by atoms with Crippen LogP contribution in [0.4, 0.5) is 10.5 Å². The van der Waals surface area contributed by atoms with Crippen molar-refractivity contribution in [1.29, 1.82) is 0 Å². The first-order chi connectivity index (χ1) is 13.8. The van der Waals surface area contributed by atoms with Crippen LogP contribution in [0.15, 0.2) is 48.5 Å². The molecule has 1 unspecified atom stereocenters. The van der Waals surface area contributed by atoms with Crippen LogP contribution in [0.2, 0.25) is 0 Å². The Balaban J connectivity index is 0.00000205. The highest BCUT2D eigenvalue weighted by molar-refractivity contribution is 5.97. The lowest BCUT2D eigenvalue weighted by molar-refractivity contribution is 0.205. The third-order valence-corrected chi connectivity index (χ3v) is 5.90. The van der Waals surface area contributed by atoms with Crippen LogP contribution in [0, 0.1) is 0 Å². The van der Waals surface area contributed by atoms with Gasteiger partial charge in [0.1, 0.15) is 0 Å². The van der Waals surface area contributed by atoms with Gasteiger partial charge in [0, 0.05) is 36.7 Å². The van der Waals surface area contributed by atoms with Crippen molar-refractivity contribution in [3.63, 3.8) is 0 Å². The van der Waals surface area contributed by atoms with Crippen LogP contribution in [0.5, 0.6) is 0 Å². The molecule has 3 aromatic rings. The number of amides is 2. The maximum absolute atomic E-state index is 13.0. The van der Waals surface area contributed by atoms with E-state index in [1.165, 1.54) is 0 Å². The van der Waals surface area contributed by atoms with Crippen LogP contribution < -0.4 is 10.2 Å². The number of rotatable bonds is 4. The van der Waals surface area contributed by atoms with Crippen molar-refractivity contribution in [1.82, 2.24) is 20.0 Å². The zero-order chi connectivity index (χ0) is 19.1. The van der Waals surface area contributed by atoms with Gasteiger partial charge >= 0.3 is 6.03 Å². The molecule has 0 radical (unpaired) electrons. The lowest BCUT2D eigenvalue weighted by Crippen LogP contribution is -2.40. The zero-order valence-corrected chi connectivity index (χ0v) is 17.4. The van der Waals surface area contributed by atoms with E-state index in [0.717, 1.165) is 67.0 Å². The quantitative estimate of drug-likeness (QED) is 0.713. The molecule has 29 heavy (non-hydrogen) atoms. The number of carbonyl (C=O) groups excluding carboxylic acids is 1. The van der Waals surface area contributed by atoms with Gasteiger partial charge in [-0.15, -0.1) is 12.4 Å². The Morgan fingerprint density at radius 1 is 1.10 bits per heavy atom. The number of nitrogens with zero attached hydrogens (tertiary/aromatic N) is 4. The molecule has 5 rings (SSSR count). The number of hydrogen-bond acceptors (Lipinski definition) is 3. The highest BCUT2D eigenvalue weighted by atomic mass is 35.5. The Hall–Kier alpha value is -2.57. The summed E-state index contributed by atoms with van der Waals surface area (Å²) in [4.78, 5) is 17.0. The number of aryl methyl sites for hydroxylation is 1. The van der Waals surface area contributed by atoms with Crippen molar-refractivity contribution in [2.75, 3.05) is 31.1 Å². The van der Waals surface area contributed by atoms with Crippen molar-refractivity contribution < 1.29 is 4.79 Å². The minimum Gasteiger partial charge on any atom is -0.318 e. The van der Waals surface area contributed by atoms with Crippen molar-refractivity contribution >= 4 is 35.0 Å². The first-order valence-corrected chi connectivity index (χ1v) is 10.1. The van der Waals surface area contributed by atoms with Gasteiger partial charge in [-0.1, -0.05) is 25.1 Å². The van der Waals surface area contributed by atoms with E-state index in [0.29, 0.717) is 6.04 Å². The molecule has 3 heterocycles. The number of halogens is 1. The fourth-order valence-corrected chi connectivity index (χ4v) is 4.40. The number of aromatic nitrogens is 2. The average molecular weight is 412 g/mol. The third-order valence-electron chi connectivity index (χ3n) is 5.90. The van der Waals surface area contributed by atoms with Gasteiger partial charge in [0.2, 0.25) is 0 Å². The third kappa shape index (κ3) is 3.36. The van der Waals surface area contributed by atoms with Crippen LogP contribution in [-0.4, -0.2) is 52.9 Å². The van der Waals surface area contributed by atoms with Gasteiger partial charge in [-0.2, -0.15) is 5.10 Å². The summed E-state index contributed by atoms with van der Waals surface area (Å²) in [7, 11) is 0. The molecule has 2 aromatic carbocycles. The summed E-state index contributed by atoms with van der Waals surface area (Å²) in [6.07, 6.45) is 1.92. The summed E-state index contributed by atoms with van der Waals surface area (Å²) >= 11 is 0. The lowest BCUT2D eigenvalue weighted by atomic mass is 10.1. The fourth-order valence-electron chi connectivity index (χ4n) is 4.40. The summed E-state index contributed by atoms with van der Waals surface area (Å²) in [5.41, 5.74) is 4.12. The molecule has 0 saturated carbocycles. The monoisotopic (exact) mass is 411 g/mol.